The van der Waals surface area contributed by atoms with Gasteiger partial charge in [0.2, 0.25) is 0 Å². The second-order valence-electron chi connectivity index (χ2n) is 4.62. The second kappa shape index (κ2) is 6.36. The summed E-state index contributed by atoms with van der Waals surface area (Å²) in [6.07, 6.45) is -0.645. The lowest BCUT2D eigenvalue weighted by molar-refractivity contribution is -0.138. The van der Waals surface area contributed by atoms with E-state index in [1.54, 1.807) is 6.92 Å². The van der Waals surface area contributed by atoms with Gasteiger partial charge in [-0.2, -0.15) is 0 Å². The van der Waals surface area contributed by atoms with Gasteiger partial charge in [0.25, 0.3) is 0 Å². The molecule has 0 amide bonds. The van der Waals surface area contributed by atoms with E-state index < -0.39 is 24.0 Å². The van der Waals surface area contributed by atoms with E-state index in [9.17, 15) is 14.7 Å². The number of rotatable bonds is 6. The number of phenols is 1. The fourth-order valence-corrected chi connectivity index (χ4v) is 2.14. The van der Waals surface area contributed by atoms with Crippen LogP contribution in [0.2, 0.25) is 0 Å². The number of nitrogens with two attached hydrogens (primary N) is 2. The molecule has 20 heavy (non-hydrogen) atoms. The van der Waals surface area contributed by atoms with Crippen LogP contribution in [-0.2, 0) is 9.59 Å². The van der Waals surface area contributed by atoms with Crippen molar-refractivity contribution >= 4 is 11.9 Å². The Morgan fingerprint density at radius 1 is 1.10 bits per heavy atom. The van der Waals surface area contributed by atoms with Crippen LogP contribution in [0, 0.1) is 6.92 Å². The average Bonchev–Trinajstić information content (AvgIpc) is 2.30. The highest BCUT2D eigenvalue weighted by molar-refractivity contribution is 5.69. The van der Waals surface area contributed by atoms with Crippen molar-refractivity contribution in [2.24, 2.45) is 11.5 Å². The molecule has 2 unspecified atom stereocenters. The Balaban J connectivity index is 3.26. The number of benzene rings is 1. The van der Waals surface area contributed by atoms with E-state index in [0.717, 1.165) is 0 Å². The van der Waals surface area contributed by atoms with Crippen molar-refractivity contribution in [1.82, 2.24) is 0 Å². The van der Waals surface area contributed by atoms with E-state index in [-0.39, 0.29) is 18.6 Å². The molecule has 0 saturated heterocycles. The molecular formula is C13H18N2O5. The highest BCUT2D eigenvalue weighted by atomic mass is 16.4. The zero-order valence-corrected chi connectivity index (χ0v) is 11.0. The number of carboxylic acid groups (broad SMARTS) is 2. The molecule has 7 nitrogen and oxygen atoms in total. The molecule has 0 spiro atoms. The maximum atomic E-state index is 10.8. The first-order valence-electron chi connectivity index (χ1n) is 6.01. The van der Waals surface area contributed by atoms with E-state index in [1.165, 1.54) is 12.1 Å². The third-order valence-corrected chi connectivity index (χ3v) is 3.08. The summed E-state index contributed by atoms with van der Waals surface area (Å²) in [5.41, 5.74) is 12.9. The molecule has 1 rings (SSSR count). The summed E-state index contributed by atoms with van der Waals surface area (Å²) in [6, 6.07) is 1.19. The lowest BCUT2D eigenvalue weighted by Crippen LogP contribution is -2.23. The van der Waals surface area contributed by atoms with Gasteiger partial charge in [-0.3, -0.25) is 9.59 Å². The van der Waals surface area contributed by atoms with Crippen molar-refractivity contribution in [2.75, 3.05) is 0 Å². The Morgan fingerprint density at radius 3 is 2.10 bits per heavy atom. The molecule has 0 aromatic heterocycles. The van der Waals surface area contributed by atoms with E-state index in [4.69, 9.17) is 21.7 Å². The van der Waals surface area contributed by atoms with Crippen molar-refractivity contribution in [3.63, 3.8) is 0 Å². The first-order valence-corrected chi connectivity index (χ1v) is 6.01. The molecule has 0 heterocycles. The molecule has 7 N–H and O–H groups in total. The number of hydrogen-bond donors (Lipinski definition) is 5. The van der Waals surface area contributed by atoms with Gasteiger partial charge in [0, 0.05) is 12.1 Å². The largest absolute Gasteiger partial charge is 0.508 e. The van der Waals surface area contributed by atoms with Gasteiger partial charge in [-0.15, -0.1) is 0 Å². The third kappa shape index (κ3) is 3.69. The van der Waals surface area contributed by atoms with Crippen LogP contribution < -0.4 is 11.5 Å². The minimum atomic E-state index is -1.09. The van der Waals surface area contributed by atoms with Crippen LogP contribution in [0.4, 0.5) is 0 Å². The smallest absolute Gasteiger partial charge is 0.305 e. The first kappa shape index (κ1) is 15.9. The molecule has 0 aliphatic carbocycles. The van der Waals surface area contributed by atoms with Gasteiger partial charge in [0.15, 0.2) is 0 Å². The van der Waals surface area contributed by atoms with Crippen molar-refractivity contribution in [1.29, 1.82) is 0 Å². The van der Waals surface area contributed by atoms with Crippen LogP contribution in [0.15, 0.2) is 12.1 Å². The van der Waals surface area contributed by atoms with Crippen molar-refractivity contribution in [2.45, 2.75) is 31.8 Å². The summed E-state index contributed by atoms with van der Waals surface area (Å²) in [5.74, 6) is -2.19. The van der Waals surface area contributed by atoms with Crippen LogP contribution in [0.1, 0.15) is 41.6 Å². The minimum Gasteiger partial charge on any atom is -0.508 e. The van der Waals surface area contributed by atoms with Gasteiger partial charge in [-0.25, -0.2) is 0 Å². The molecule has 0 aliphatic rings. The Kier molecular flexibility index (Phi) is 5.06. The zero-order chi connectivity index (χ0) is 15.4. The van der Waals surface area contributed by atoms with Gasteiger partial charge in [-0.05, 0) is 29.7 Å². The summed E-state index contributed by atoms with van der Waals surface area (Å²) in [6.45, 7) is 1.59. The van der Waals surface area contributed by atoms with Crippen molar-refractivity contribution in [3.05, 3.63) is 28.8 Å². The van der Waals surface area contributed by atoms with E-state index in [0.29, 0.717) is 16.7 Å². The topological polar surface area (TPSA) is 147 Å². The maximum absolute atomic E-state index is 10.8. The van der Waals surface area contributed by atoms with Gasteiger partial charge in [0.1, 0.15) is 5.75 Å². The summed E-state index contributed by atoms with van der Waals surface area (Å²) in [4.78, 5) is 21.5. The lowest BCUT2D eigenvalue weighted by Gasteiger charge is -2.22. The van der Waals surface area contributed by atoms with E-state index in [1.807, 2.05) is 0 Å². The van der Waals surface area contributed by atoms with Crippen LogP contribution in [0.3, 0.4) is 0 Å². The molecule has 0 bridgehead atoms. The third-order valence-electron chi connectivity index (χ3n) is 3.08. The van der Waals surface area contributed by atoms with Crippen molar-refractivity contribution in [3.8, 4) is 5.75 Å². The predicted octanol–water partition coefficient (Wildman–Crippen LogP) is 0.650. The fraction of sp³-hybridized carbons (Fsp3) is 0.385. The summed E-state index contributed by atoms with van der Waals surface area (Å²) in [5, 5.41) is 27.3. The van der Waals surface area contributed by atoms with E-state index >= 15 is 0 Å². The molecule has 2 atom stereocenters. The molecule has 0 aliphatic heterocycles. The number of carboxylic acids is 2. The average molecular weight is 282 g/mol. The van der Waals surface area contributed by atoms with Crippen molar-refractivity contribution < 1.29 is 24.9 Å². The standard InChI is InChI=1S/C13H18N2O5/c1-6-10(16)3-2-7(8(14)4-11(17)18)13(6)9(15)5-12(19)20/h2-3,8-9,16H,4-5,14-15H2,1H3,(H,17,18)(H,19,20). The molecule has 1 aromatic carbocycles. The summed E-state index contributed by atoms with van der Waals surface area (Å²) >= 11 is 0. The first-order chi connectivity index (χ1) is 9.23. The zero-order valence-electron chi connectivity index (χ0n) is 11.0. The quantitative estimate of drug-likeness (QED) is 0.514. The number of aromatic hydroxyl groups is 1. The van der Waals surface area contributed by atoms with E-state index in [2.05, 4.69) is 0 Å². The maximum Gasteiger partial charge on any atom is 0.305 e. The van der Waals surface area contributed by atoms with Gasteiger partial charge < -0.3 is 26.8 Å². The predicted molar refractivity (Wildman–Crippen MR) is 71.2 cm³/mol. The van der Waals surface area contributed by atoms with Gasteiger partial charge in [-0.1, -0.05) is 6.07 Å². The Morgan fingerprint density at radius 2 is 1.60 bits per heavy atom. The lowest BCUT2D eigenvalue weighted by atomic mass is 9.89. The molecule has 0 radical (unpaired) electrons. The monoisotopic (exact) mass is 282 g/mol. The van der Waals surface area contributed by atoms with Gasteiger partial charge >= 0.3 is 11.9 Å². The number of aliphatic carboxylic acids is 2. The molecule has 1 aromatic rings. The van der Waals surface area contributed by atoms with Crippen LogP contribution in [-0.4, -0.2) is 27.3 Å². The van der Waals surface area contributed by atoms with Gasteiger partial charge in [0.05, 0.1) is 12.8 Å². The highest BCUT2D eigenvalue weighted by Crippen LogP contribution is 2.33. The highest BCUT2D eigenvalue weighted by Gasteiger charge is 2.23. The van der Waals surface area contributed by atoms with Crippen LogP contribution >= 0.6 is 0 Å². The number of hydrogen-bond acceptors (Lipinski definition) is 5. The molecule has 110 valence electrons. The second-order valence-corrected chi connectivity index (χ2v) is 4.62. The minimum absolute atomic E-state index is 0.0351. The SMILES string of the molecule is Cc1c(O)ccc(C(N)CC(=O)O)c1C(N)CC(=O)O. The summed E-state index contributed by atoms with van der Waals surface area (Å²) < 4.78 is 0. The summed E-state index contributed by atoms with van der Waals surface area (Å²) in [7, 11) is 0. The van der Waals surface area contributed by atoms with Crippen LogP contribution in [0.5, 0.6) is 5.75 Å². The Hall–Kier alpha value is -2.12. The Labute approximate surface area is 115 Å². The fourth-order valence-electron chi connectivity index (χ4n) is 2.14. The number of phenolic OH excluding ortho intramolecular Hbond substituents is 1. The molecular weight excluding hydrogens is 264 g/mol. The van der Waals surface area contributed by atoms with Crippen LogP contribution in [0.25, 0.3) is 0 Å². The Bertz CT molecular complexity index is 530. The normalized spacial score (nSPS) is 13.8. The molecule has 0 fully saturated rings. The number of carbonyl (C=O) groups is 2. The molecule has 7 heteroatoms. The molecule has 0 saturated carbocycles.